The van der Waals surface area contributed by atoms with Gasteiger partial charge in [-0.2, -0.15) is 5.26 Å². The smallest absolute Gasteiger partial charge is 0.128 e. The van der Waals surface area contributed by atoms with Gasteiger partial charge in [-0.25, -0.2) is 4.98 Å². The molecule has 1 unspecified atom stereocenters. The molecule has 0 N–H and O–H groups in total. The minimum atomic E-state index is 0.106. The van der Waals surface area contributed by atoms with Gasteiger partial charge in [-0.1, -0.05) is 29.8 Å². The van der Waals surface area contributed by atoms with E-state index in [0.29, 0.717) is 5.56 Å². The van der Waals surface area contributed by atoms with Crippen molar-refractivity contribution < 1.29 is 0 Å². The first-order chi connectivity index (χ1) is 9.13. The Kier molecular flexibility index (Phi) is 4.03. The Balaban J connectivity index is 2.26. The van der Waals surface area contributed by atoms with Crippen LogP contribution in [0.5, 0.6) is 0 Å². The van der Waals surface area contributed by atoms with Crippen LogP contribution in [0.4, 0.5) is 5.82 Å². The van der Waals surface area contributed by atoms with Crippen molar-refractivity contribution >= 4 is 17.4 Å². The predicted octanol–water partition coefficient (Wildman–Crippen LogP) is 3.80. The second kappa shape index (κ2) is 5.73. The highest BCUT2D eigenvalue weighted by Gasteiger charge is 2.15. The zero-order valence-electron chi connectivity index (χ0n) is 10.8. The molecular formula is C15H14ClN3. The third kappa shape index (κ3) is 2.86. The summed E-state index contributed by atoms with van der Waals surface area (Å²) in [6.45, 7) is 2.07. The molecule has 2 rings (SSSR count). The Morgan fingerprint density at radius 3 is 2.58 bits per heavy atom. The first-order valence-electron chi connectivity index (χ1n) is 5.97. The van der Waals surface area contributed by atoms with Gasteiger partial charge in [0.2, 0.25) is 0 Å². The van der Waals surface area contributed by atoms with E-state index in [-0.39, 0.29) is 6.04 Å². The normalized spacial score (nSPS) is 11.7. The monoisotopic (exact) mass is 271 g/mol. The maximum atomic E-state index is 8.77. The molecule has 1 heterocycles. The van der Waals surface area contributed by atoms with E-state index in [4.69, 9.17) is 16.9 Å². The molecule has 96 valence electrons. The molecule has 0 aliphatic heterocycles. The summed E-state index contributed by atoms with van der Waals surface area (Å²) in [6.07, 6.45) is 1.57. The first kappa shape index (κ1) is 13.4. The maximum Gasteiger partial charge on any atom is 0.128 e. The fourth-order valence-electron chi connectivity index (χ4n) is 1.88. The summed E-state index contributed by atoms with van der Waals surface area (Å²) in [5.74, 6) is 0.811. The molecule has 19 heavy (non-hydrogen) atoms. The summed E-state index contributed by atoms with van der Waals surface area (Å²) in [4.78, 5) is 6.32. The lowest BCUT2D eigenvalue weighted by Gasteiger charge is -2.27. The zero-order chi connectivity index (χ0) is 13.8. The summed E-state index contributed by atoms with van der Waals surface area (Å²) in [6, 6.07) is 13.5. The molecule has 0 fully saturated rings. The second-order valence-corrected chi connectivity index (χ2v) is 4.73. The van der Waals surface area contributed by atoms with Gasteiger partial charge in [0.15, 0.2) is 0 Å². The summed E-state index contributed by atoms with van der Waals surface area (Å²) in [5, 5.41) is 9.52. The van der Waals surface area contributed by atoms with Crippen LogP contribution in [0.3, 0.4) is 0 Å². The first-order valence-corrected chi connectivity index (χ1v) is 6.34. The van der Waals surface area contributed by atoms with E-state index in [1.54, 1.807) is 12.3 Å². The van der Waals surface area contributed by atoms with Gasteiger partial charge in [0.25, 0.3) is 0 Å². The van der Waals surface area contributed by atoms with Gasteiger partial charge in [0.1, 0.15) is 11.9 Å². The van der Waals surface area contributed by atoms with Gasteiger partial charge in [0, 0.05) is 18.3 Å². The number of benzene rings is 1. The van der Waals surface area contributed by atoms with Crippen LogP contribution in [-0.2, 0) is 0 Å². The quantitative estimate of drug-likeness (QED) is 0.852. The van der Waals surface area contributed by atoms with E-state index in [0.717, 1.165) is 16.4 Å². The van der Waals surface area contributed by atoms with Crippen molar-refractivity contribution in [1.29, 1.82) is 5.26 Å². The highest BCUT2D eigenvalue weighted by Crippen LogP contribution is 2.28. The summed E-state index contributed by atoms with van der Waals surface area (Å²) >= 11 is 6.21. The molecule has 2 aromatic rings. The lowest BCUT2D eigenvalue weighted by atomic mass is 10.1. The molecule has 0 aliphatic carbocycles. The molecule has 3 nitrogen and oxygen atoms in total. The van der Waals surface area contributed by atoms with Crippen molar-refractivity contribution in [3.63, 3.8) is 0 Å². The van der Waals surface area contributed by atoms with E-state index < -0.39 is 0 Å². The van der Waals surface area contributed by atoms with Gasteiger partial charge in [-0.05, 0) is 30.7 Å². The molecule has 0 saturated carbocycles. The molecule has 1 aromatic heterocycles. The highest BCUT2D eigenvalue weighted by molar-refractivity contribution is 6.31. The number of hydrogen-bond donors (Lipinski definition) is 0. The van der Waals surface area contributed by atoms with Gasteiger partial charge in [0.05, 0.1) is 11.6 Å². The van der Waals surface area contributed by atoms with Crippen LogP contribution >= 0.6 is 11.6 Å². The van der Waals surface area contributed by atoms with Crippen molar-refractivity contribution in [2.75, 3.05) is 11.9 Å². The van der Waals surface area contributed by atoms with Crippen LogP contribution in [0.1, 0.15) is 24.1 Å². The lowest BCUT2D eigenvalue weighted by Crippen LogP contribution is -2.22. The number of nitriles is 1. The third-order valence-corrected chi connectivity index (χ3v) is 3.52. The zero-order valence-corrected chi connectivity index (χ0v) is 11.6. The topological polar surface area (TPSA) is 39.9 Å². The molecule has 0 spiro atoms. The molecule has 0 aliphatic rings. The second-order valence-electron chi connectivity index (χ2n) is 4.33. The van der Waals surface area contributed by atoms with Crippen LogP contribution in [0.2, 0.25) is 5.02 Å². The lowest BCUT2D eigenvalue weighted by molar-refractivity contribution is 0.729. The molecule has 0 radical (unpaired) electrons. The van der Waals surface area contributed by atoms with Crippen LogP contribution in [0, 0.1) is 11.3 Å². The molecule has 0 bridgehead atoms. The highest BCUT2D eigenvalue weighted by atomic mass is 35.5. The molecule has 4 heteroatoms. The largest absolute Gasteiger partial charge is 0.353 e. The number of hydrogen-bond acceptors (Lipinski definition) is 3. The van der Waals surface area contributed by atoms with Crippen molar-refractivity contribution in [2.24, 2.45) is 0 Å². The Morgan fingerprint density at radius 2 is 2.00 bits per heavy atom. The van der Waals surface area contributed by atoms with E-state index in [1.807, 2.05) is 42.3 Å². The molecule has 0 amide bonds. The van der Waals surface area contributed by atoms with Crippen LogP contribution < -0.4 is 4.90 Å². The maximum absolute atomic E-state index is 8.77. The van der Waals surface area contributed by atoms with E-state index in [9.17, 15) is 0 Å². The number of rotatable bonds is 3. The fourth-order valence-corrected chi connectivity index (χ4v) is 2.18. The Morgan fingerprint density at radius 1 is 1.26 bits per heavy atom. The number of aromatic nitrogens is 1. The van der Waals surface area contributed by atoms with Crippen LogP contribution in [0.25, 0.3) is 0 Å². The third-order valence-electron chi connectivity index (χ3n) is 3.17. The van der Waals surface area contributed by atoms with Crippen molar-refractivity contribution in [3.8, 4) is 6.07 Å². The Bertz CT molecular complexity index is 602. The summed E-state index contributed by atoms with van der Waals surface area (Å²) in [5.41, 5.74) is 1.61. The van der Waals surface area contributed by atoms with E-state index in [2.05, 4.69) is 18.0 Å². The van der Waals surface area contributed by atoms with Crippen molar-refractivity contribution in [2.45, 2.75) is 13.0 Å². The SMILES string of the molecule is CC(c1ccccc1Cl)N(C)c1ccc(C#N)cn1. The van der Waals surface area contributed by atoms with E-state index >= 15 is 0 Å². The number of anilines is 1. The molecule has 0 saturated heterocycles. The summed E-state index contributed by atoms with van der Waals surface area (Å²) in [7, 11) is 1.96. The Labute approximate surface area is 118 Å². The van der Waals surface area contributed by atoms with Crippen LogP contribution in [0.15, 0.2) is 42.6 Å². The average Bonchev–Trinajstić information content (AvgIpc) is 2.46. The minimum Gasteiger partial charge on any atom is -0.353 e. The van der Waals surface area contributed by atoms with Gasteiger partial charge < -0.3 is 4.90 Å². The van der Waals surface area contributed by atoms with Gasteiger partial charge in [-0.15, -0.1) is 0 Å². The van der Waals surface area contributed by atoms with E-state index in [1.165, 1.54) is 0 Å². The summed E-state index contributed by atoms with van der Waals surface area (Å²) < 4.78 is 0. The van der Waals surface area contributed by atoms with Gasteiger partial charge >= 0.3 is 0 Å². The molecular weight excluding hydrogens is 258 g/mol. The number of nitrogens with zero attached hydrogens (tertiary/aromatic N) is 3. The number of pyridine rings is 1. The van der Waals surface area contributed by atoms with Crippen LogP contribution in [-0.4, -0.2) is 12.0 Å². The molecule has 1 aromatic carbocycles. The number of halogens is 1. The van der Waals surface area contributed by atoms with Crippen molar-refractivity contribution in [3.05, 3.63) is 58.7 Å². The van der Waals surface area contributed by atoms with Gasteiger partial charge in [-0.3, -0.25) is 0 Å². The Hall–Kier alpha value is -2.05. The standard InChI is InChI=1S/C15H14ClN3/c1-11(13-5-3-4-6-14(13)16)19(2)15-8-7-12(9-17)10-18-15/h3-8,10-11H,1-2H3. The predicted molar refractivity (Wildman–Crippen MR) is 77.2 cm³/mol. The van der Waals surface area contributed by atoms with Crippen molar-refractivity contribution in [1.82, 2.24) is 4.98 Å². The minimum absolute atomic E-state index is 0.106. The average molecular weight is 272 g/mol. The fraction of sp³-hybridized carbons (Fsp3) is 0.200. The molecule has 1 atom stereocenters.